The lowest BCUT2D eigenvalue weighted by Gasteiger charge is -2.22. The number of hydrogen-bond donors (Lipinski definition) is 1. The van der Waals surface area contributed by atoms with Gasteiger partial charge in [-0.1, -0.05) is 55.5 Å². The molecule has 0 amide bonds. The summed E-state index contributed by atoms with van der Waals surface area (Å²) < 4.78 is 1.36. The van der Waals surface area contributed by atoms with Gasteiger partial charge in [0.2, 0.25) is 4.96 Å². The summed E-state index contributed by atoms with van der Waals surface area (Å²) >= 11 is 1.43. The Morgan fingerprint density at radius 3 is 2.70 bits per heavy atom. The fraction of sp³-hybridized carbons (Fsp3) is 0.353. The van der Waals surface area contributed by atoms with Crippen molar-refractivity contribution in [2.45, 2.75) is 33.4 Å². The molecule has 2 heterocycles. The van der Waals surface area contributed by atoms with Crippen LogP contribution in [0.1, 0.15) is 36.2 Å². The molecular formula is C17H20N4OS. The maximum atomic E-state index is 12.1. The Morgan fingerprint density at radius 2 is 2.00 bits per heavy atom. The van der Waals surface area contributed by atoms with Gasteiger partial charge in [0.15, 0.2) is 0 Å². The molecule has 2 aromatic heterocycles. The summed E-state index contributed by atoms with van der Waals surface area (Å²) in [5.41, 5.74) is 1.87. The van der Waals surface area contributed by atoms with Crippen molar-refractivity contribution in [1.82, 2.24) is 19.9 Å². The van der Waals surface area contributed by atoms with Gasteiger partial charge in [0.1, 0.15) is 5.01 Å². The molecule has 3 rings (SSSR count). The van der Waals surface area contributed by atoms with Crippen LogP contribution in [0.5, 0.6) is 0 Å². The van der Waals surface area contributed by atoms with Gasteiger partial charge in [-0.3, -0.25) is 4.79 Å². The minimum absolute atomic E-state index is 0.128. The third-order valence-electron chi connectivity index (χ3n) is 3.73. The Hall–Kier alpha value is -2.05. The molecule has 6 heteroatoms. The average Bonchev–Trinajstić information content (AvgIpc) is 2.89. The molecule has 1 aromatic carbocycles. The molecule has 1 N–H and O–H groups in total. The van der Waals surface area contributed by atoms with Crippen LogP contribution in [0, 0.1) is 12.8 Å². The zero-order valence-electron chi connectivity index (χ0n) is 13.5. The van der Waals surface area contributed by atoms with Gasteiger partial charge >= 0.3 is 0 Å². The number of aromatic nitrogens is 3. The first-order valence-corrected chi connectivity index (χ1v) is 8.51. The van der Waals surface area contributed by atoms with Crippen LogP contribution in [0.3, 0.4) is 0 Å². The third kappa shape index (κ3) is 3.48. The molecule has 23 heavy (non-hydrogen) atoms. The third-order valence-corrected chi connectivity index (χ3v) is 4.55. The molecule has 3 aromatic rings. The lowest BCUT2D eigenvalue weighted by molar-refractivity contribution is 0.408. The van der Waals surface area contributed by atoms with E-state index in [0.29, 0.717) is 17.4 Å². The molecule has 5 nitrogen and oxygen atoms in total. The van der Waals surface area contributed by atoms with Crippen molar-refractivity contribution in [1.29, 1.82) is 0 Å². The Bertz CT molecular complexity index is 854. The number of aryl methyl sites for hydroxylation is 1. The molecule has 1 atom stereocenters. The zero-order chi connectivity index (χ0) is 16.4. The lowest BCUT2D eigenvalue weighted by Crippen LogP contribution is -2.27. The summed E-state index contributed by atoms with van der Waals surface area (Å²) in [6, 6.07) is 12.1. The Kier molecular flexibility index (Phi) is 4.54. The number of fused-ring (bicyclic) bond motifs is 1. The van der Waals surface area contributed by atoms with Gasteiger partial charge in [-0.15, -0.1) is 0 Å². The van der Waals surface area contributed by atoms with Gasteiger partial charge in [-0.25, -0.2) is 4.98 Å². The molecule has 0 saturated carbocycles. The first kappa shape index (κ1) is 15.8. The summed E-state index contributed by atoms with van der Waals surface area (Å²) in [5, 5.41) is 8.53. The highest BCUT2D eigenvalue weighted by Crippen LogP contribution is 2.21. The van der Waals surface area contributed by atoms with Crippen molar-refractivity contribution in [2.75, 3.05) is 0 Å². The average molecular weight is 328 g/mol. The van der Waals surface area contributed by atoms with Crippen LogP contribution in [0.2, 0.25) is 0 Å². The summed E-state index contributed by atoms with van der Waals surface area (Å²) in [4.78, 5) is 17.3. The molecule has 0 fully saturated rings. The molecule has 0 unspecified atom stereocenters. The van der Waals surface area contributed by atoms with Crippen LogP contribution in [0.25, 0.3) is 4.96 Å². The van der Waals surface area contributed by atoms with E-state index in [1.165, 1.54) is 21.4 Å². The van der Waals surface area contributed by atoms with Crippen molar-refractivity contribution in [3.05, 3.63) is 63.0 Å². The van der Waals surface area contributed by atoms with E-state index in [4.69, 9.17) is 0 Å². The van der Waals surface area contributed by atoms with E-state index in [0.717, 1.165) is 10.7 Å². The van der Waals surface area contributed by atoms with Crippen molar-refractivity contribution in [2.24, 2.45) is 5.92 Å². The van der Waals surface area contributed by atoms with Gasteiger partial charge in [0.25, 0.3) is 5.56 Å². The highest BCUT2D eigenvalue weighted by atomic mass is 32.1. The topological polar surface area (TPSA) is 59.3 Å². The van der Waals surface area contributed by atoms with Crippen LogP contribution < -0.4 is 10.9 Å². The normalized spacial score (nSPS) is 12.9. The molecule has 0 bridgehead atoms. The quantitative estimate of drug-likeness (QED) is 0.782. The van der Waals surface area contributed by atoms with Crippen LogP contribution >= 0.6 is 11.3 Å². The Morgan fingerprint density at radius 1 is 1.26 bits per heavy atom. The molecule has 0 saturated heterocycles. The summed E-state index contributed by atoms with van der Waals surface area (Å²) in [6.45, 7) is 6.80. The summed E-state index contributed by atoms with van der Waals surface area (Å²) in [6.07, 6.45) is 0. The Labute approximate surface area is 139 Å². The highest BCUT2D eigenvalue weighted by molar-refractivity contribution is 7.16. The maximum absolute atomic E-state index is 12.1. The second-order valence-corrected chi connectivity index (χ2v) is 7.07. The predicted molar refractivity (Wildman–Crippen MR) is 92.7 cm³/mol. The molecular weight excluding hydrogens is 308 g/mol. The second kappa shape index (κ2) is 6.60. The first-order valence-electron chi connectivity index (χ1n) is 7.69. The van der Waals surface area contributed by atoms with Crippen molar-refractivity contribution >= 4 is 16.3 Å². The van der Waals surface area contributed by atoms with Crippen molar-refractivity contribution < 1.29 is 0 Å². The molecule has 0 aliphatic rings. The Balaban J connectivity index is 1.82. The number of benzene rings is 1. The molecule has 120 valence electrons. The van der Waals surface area contributed by atoms with E-state index >= 15 is 0 Å². The van der Waals surface area contributed by atoms with Gasteiger partial charge in [0, 0.05) is 18.7 Å². The lowest BCUT2D eigenvalue weighted by atomic mass is 9.96. The predicted octanol–water partition coefficient (Wildman–Crippen LogP) is 2.95. The molecule has 0 aliphatic heterocycles. The molecule has 0 aliphatic carbocycles. The van der Waals surface area contributed by atoms with Gasteiger partial charge in [-0.2, -0.15) is 9.61 Å². The van der Waals surface area contributed by atoms with Crippen LogP contribution in [0.4, 0.5) is 0 Å². The minimum Gasteiger partial charge on any atom is -0.304 e. The van der Waals surface area contributed by atoms with Gasteiger partial charge in [-0.05, 0) is 18.4 Å². The van der Waals surface area contributed by atoms with E-state index in [1.54, 1.807) is 6.07 Å². The van der Waals surface area contributed by atoms with Crippen LogP contribution in [0.15, 0.2) is 41.2 Å². The smallest absolute Gasteiger partial charge is 0.275 e. The standard InChI is InChI=1S/C17H20N4OS/c1-11(2)16(13-7-5-4-6-8-13)18-10-14-9-15(22)21-17(19-14)23-12(3)20-21/h4-9,11,16,18H,10H2,1-3H3/t16-/m1/s1. The number of nitrogens with zero attached hydrogens (tertiary/aromatic N) is 3. The van der Waals surface area contributed by atoms with E-state index in [1.807, 2.05) is 25.1 Å². The molecule has 0 radical (unpaired) electrons. The number of nitrogens with one attached hydrogen (secondary N) is 1. The van der Waals surface area contributed by atoms with Crippen molar-refractivity contribution in [3.8, 4) is 0 Å². The number of hydrogen-bond acceptors (Lipinski definition) is 5. The SMILES string of the molecule is Cc1nn2c(=O)cc(CN[C@@H](c3ccccc3)C(C)C)nc2s1. The first-order chi connectivity index (χ1) is 11.0. The fourth-order valence-corrected chi connectivity index (χ4v) is 3.42. The van der Waals surface area contributed by atoms with E-state index < -0.39 is 0 Å². The van der Waals surface area contributed by atoms with Gasteiger partial charge in [0.05, 0.1) is 5.69 Å². The van der Waals surface area contributed by atoms with Crippen LogP contribution in [-0.2, 0) is 6.54 Å². The highest BCUT2D eigenvalue weighted by Gasteiger charge is 2.15. The maximum Gasteiger partial charge on any atom is 0.275 e. The fourth-order valence-electron chi connectivity index (χ4n) is 2.66. The minimum atomic E-state index is -0.128. The van der Waals surface area contributed by atoms with E-state index in [2.05, 4.69) is 41.4 Å². The number of rotatable bonds is 5. The monoisotopic (exact) mass is 328 g/mol. The zero-order valence-corrected chi connectivity index (χ0v) is 14.3. The summed E-state index contributed by atoms with van der Waals surface area (Å²) in [7, 11) is 0. The van der Waals surface area contributed by atoms with E-state index in [-0.39, 0.29) is 11.6 Å². The van der Waals surface area contributed by atoms with Crippen molar-refractivity contribution in [3.63, 3.8) is 0 Å². The second-order valence-electron chi connectivity index (χ2n) is 5.91. The van der Waals surface area contributed by atoms with Crippen LogP contribution in [-0.4, -0.2) is 14.6 Å². The largest absolute Gasteiger partial charge is 0.304 e. The van der Waals surface area contributed by atoms with Gasteiger partial charge < -0.3 is 5.32 Å². The van der Waals surface area contributed by atoms with E-state index in [9.17, 15) is 4.79 Å². The molecule has 0 spiro atoms. The summed E-state index contributed by atoms with van der Waals surface area (Å²) in [5.74, 6) is 0.438.